The zero-order chi connectivity index (χ0) is 16.4. The molecule has 0 atom stereocenters. The summed E-state index contributed by atoms with van der Waals surface area (Å²) in [5, 5.41) is 2.63. The van der Waals surface area contributed by atoms with Crippen molar-refractivity contribution in [3.8, 4) is 27.6 Å². The molecule has 0 unspecified atom stereocenters. The largest absolute Gasteiger partial charge is 0.480 e. The van der Waals surface area contributed by atoms with Gasteiger partial charge in [0.2, 0.25) is 5.88 Å². The molecule has 1 aromatic carbocycles. The van der Waals surface area contributed by atoms with Gasteiger partial charge in [0.1, 0.15) is 0 Å². The SMILES string of the molecule is COc1nc(-c2cccc(-c3cc(Br)cs3)c2Cl)ccc1C=O. The van der Waals surface area contributed by atoms with Crippen molar-refractivity contribution in [2.24, 2.45) is 0 Å². The first kappa shape index (κ1) is 16.2. The molecule has 2 aromatic heterocycles. The molecule has 0 bridgehead atoms. The molecule has 0 saturated heterocycles. The maximum Gasteiger partial charge on any atom is 0.224 e. The number of pyridine rings is 1. The third-order valence-electron chi connectivity index (χ3n) is 3.32. The van der Waals surface area contributed by atoms with Gasteiger partial charge in [0, 0.05) is 25.9 Å². The number of hydrogen-bond donors (Lipinski definition) is 0. The van der Waals surface area contributed by atoms with Crippen molar-refractivity contribution in [3.05, 3.63) is 56.8 Å². The van der Waals surface area contributed by atoms with Crippen LogP contribution in [0.3, 0.4) is 0 Å². The molecule has 3 rings (SSSR count). The molecule has 0 radical (unpaired) electrons. The minimum Gasteiger partial charge on any atom is -0.480 e. The Morgan fingerprint density at radius 1 is 1.26 bits per heavy atom. The van der Waals surface area contributed by atoms with Crippen molar-refractivity contribution >= 4 is 45.2 Å². The quantitative estimate of drug-likeness (QED) is 0.519. The number of methoxy groups -OCH3 is 1. The predicted octanol–water partition coefficient (Wildman–Crippen LogP) is 5.71. The van der Waals surface area contributed by atoms with Crippen LogP contribution >= 0.6 is 38.9 Å². The molecule has 0 aliphatic rings. The first-order valence-electron chi connectivity index (χ1n) is 6.67. The Bertz CT molecular complexity index is 879. The second-order valence-electron chi connectivity index (χ2n) is 4.71. The summed E-state index contributed by atoms with van der Waals surface area (Å²) in [7, 11) is 1.49. The van der Waals surface area contributed by atoms with Gasteiger partial charge in [-0.25, -0.2) is 4.98 Å². The number of hydrogen-bond acceptors (Lipinski definition) is 4. The molecule has 116 valence electrons. The Morgan fingerprint density at radius 2 is 2.04 bits per heavy atom. The summed E-state index contributed by atoms with van der Waals surface area (Å²) in [5.41, 5.74) is 2.81. The summed E-state index contributed by atoms with van der Waals surface area (Å²) < 4.78 is 6.19. The highest BCUT2D eigenvalue weighted by Crippen LogP contribution is 2.39. The van der Waals surface area contributed by atoms with Crippen molar-refractivity contribution in [1.82, 2.24) is 4.98 Å². The minimum atomic E-state index is 0.290. The number of benzene rings is 1. The van der Waals surface area contributed by atoms with E-state index in [2.05, 4.69) is 20.9 Å². The molecule has 23 heavy (non-hydrogen) atoms. The first-order chi connectivity index (χ1) is 11.1. The molecule has 3 aromatic rings. The van der Waals surface area contributed by atoms with Crippen LogP contribution in [0.1, 0.15) is 10.4 Å². The van der Waals surface area contributed by atoms with Gasteiger partial charge in [0.15, 0.2) is 6.29 Å². The van der Waals surface area contributed by atoms with Gasteiger partial charge >= 0.3 is 0 Å². The summed E-state index contributed by atoms with van der Waals surface area (Å²) in [6.45, 7) is 0. The summed E-state index contributed by atoms with van der Waals surface area (Å²) in [6, 6.07) is 11.3. The van der Waals surface area contributed by atoms with Crippen LogP contribution in [0.25, 0.3) is 21.7 Å². The zero-order valence-electron chi connectivity index (χ0n) is 12.0. The van der Waals surface area contributed by atoms with Crippen LogP contribution in [0.5, 0.6) is 5.88 Å². The highest BCUT2D eigenvalue weighted by Gasteiger charge is 2.14. The van der Waals surface area contributed by atoms with Gasteiger partial charge in [-0.05, 0) is 34.1 Å². The standard InChI is InChI=1S/C17H11BrClNO2S/c1-22-17-10(8-21)5-6-14(20-17)12-3-2-4-13(16(12)19)15-7-11(18)9-23-15/h2-9H,1H3. The molecule has 0 aliphatic heterocycles. The van der Waals surface area contributed by atoms with E-state index in [0.717, 1.165) is 26.8 Å². The third-order valence-corrected chi connectivity index (χ3v) is 5.45. The third kappa shape index (κ3) is 3.17. The smallest absolute Gasteiger partial charge is 0.224 e. The van der Waals surface area contributed by atoms with E-state index >= 15 is 0 Å². The normalized spacial score (nSPS) is 10.6. The molecule has 0 amide bonds. The van der Waals surface area contributed by atoms with Gasteiger partial charge in [-0.3, -0.25) is 4.79 Å². The van der Waals surface area contributed by atoms with Gasteiger partial charge in [0.25, 0.3) is 0 Å². The van der Waals surface area contributed by atoms with E-state index in [4.69, 9.17) is 16.3 Å². The molecule has 2 heterocycles. The van der Waals surface area contributed by atoms with Gasteiger partial charge in [0.05, 0.1) is 23.4 Å². The number of carbonyl (C=O) groups excluding carboxylic acids is 1. The van der Waals surface area contributed by atoms with E-state index < -0.39 is 0 Å². The number of aldehydes is 1. The lowest BCUT2D eigenvalue weighted by Crippen LogP contribution is -1.96. The minimum absolute atomic E-state index is 0.290. The molecule has 0 aliphatic carbocycles. The fourth-order valence-corrected chi connectivity index (χ4v) is 4.07. The highest BCUT2D eigenvalue weighted by atomic mass is 79.9. The number of rotatable bonds is 4. The summed E-state index contributed by atoms with van der Waals surface area (Å²) in [5.74, 6) is 0.290. The van der Waals surface area contributed by atoms with E-state index in [-0.39, 0.29) is 5.88 Å². The van der Waals surface area contributed by atoms with Gasteiger partial charge in [-0.2, -0.15) is 0 Å². The topological polar surface area (TPSA) is 39.2 Å². The van der Waals surface area contributed by atoms with E-state index in [1.807, 2.05) is 29.6 Å². The van der Waals surface area contributed by atoms with Crippen LogP contribution in [-0.2, 0) is 0 Å². The van der Waals surface area contributed by atoms with E-state index in [1.54, 1.807) is 23.5 Å². The maximum atomic E-state index is 11.0. The van der Waals surface area contributed by atoms with Crippen LogP contribution in [0.2, 0.25) is 5.02 Å². The number of halogens is 2. The summed E-state index contributed by atoms with van der Waals surface area (Å²) in [4.78, 5) is 16.5. The molecule has 0 spiro atoms. The van der Waals surface area contributed by atoms with Crippen molar-refractivity contribution < 1.29 is 9.53 Å². The number of ether oxygens (including phenoxy) is 1. The van der Waals surface area contributed by atoms with Crippen molar-refractivity contribution in [2.45, 2.75) is 0 Å². The highest BCUT2D eigenvalue weighted by molar-refractivity contribution is 9.10. The van der Waals surface area contributed by atoms with Crippen molar-refractivity contribution in [2.75, 3.05) is 7.11 Å². The Hall–Kier alpha value is -1.69. The lowest BCUT2D eigenvalue weighted by atomic mass is 10.1. The summed E-state index contributed by atoms with van der Waals surface area (Å²) >= 11 is 11.7. The van der Waals surface area contributed by atoms with E-state index in [1.165, 1.54) is 7.11 Å². The van der Waals surface area contributed by atoms with Crippen LogP contribution in [0.15, 0.2) is 46.3 Å². The second kappa shape index (κ2) is 6.83. The number of carbonyl (C=O) groups is 1. The van der Waals surface area contributed by atoms with Crippen molar-refractivity contribution in [1.29, 1.82) is 0 Å². The van der Waals surface area contributed by atoms with Crippen LogP contribution in [-0.4, -0.2) is 18.4 Å². The van der Waals surface area contributed by atoms with Crippen LogP contribution in [0, 0.1) is 0 Å². The fourth-order valence-electron chi connectivity index (χ4n) is 2.23. The van der Waals surface area contributed by atoms with Gasteiger partial charge < -0.3 is 4.74 Å². The molecular weight excluding hydrogens is 398 g/mol. The predicted molar refractivity (Wildman–Crippen MR) is 97.6 cm³/mol. The maximum absolute atomic E-state index is 11.0. The lowest BCUT2D eigenvalue weighted by Gasteiger charge is -2.10. The first-order valence-corrected chi connectivity index (χ1v) is 8.72. The summed E-state index contributed by atoms with van der Waals surface area (Å²) in [6.07, 6.45) is 0.719. The van der Waals surface area contributed by atoms with E-state index in [0.29, 0.717) is 16.3 Å². The van der Waals surface area contributed by atoms with Gasteiger partial charge in [-0.15, -0.1) is 11.3 Å². The average molecular weight is 409 g/mol. The Labute approximate surface area is 151 Å². The number of thiophene rings is 1. The van der Waals surface area contributed by atoms with Gasteiger partial charge in [-0.1, -0.05) is 29.8 Å². The van der Waals surface area contributed by atoms with E-state index in [9.17, 15) is 4.79 Å². The Balaban J connectivity index is 2.12. The average Bonchev–Trinajstić information content (AvgIpc) is 3.00. The van der Waals surface area contributed by atoms with Crippen molar-refractivity contribution in [3.63, 3.8) is 0 Å². The Kier molecular flexibility index (Phi) is 4.80. The molecular formula is C17H11BrClNO2S. The second-order valence-corrected chi connectivity index (χ2v) is 6.91. The van der Waals surface area contributed by atoms with Crippen LogP contribution in [0.4, 0.5) is 0 Å². The molecule has 0 fully saturated rings. The molecule has 6 heteroatoms. The number of aromatic nitrogens is 1. The molecule has 0 N–H and O–H groups in total. The lowest BCUT2D eigenvalue weighted by molar-refractivity contribution is 0.112. The molecule has 3 nitrogen and oxygen atoms in total. The zero-order valence-corrected chi connectivity index (χ0v) is 15.2. The monoisotopic (exact) mass is 407 g/mol. The molecule has 0 saturated carbocycles. The fraction of sp³-hybridized carbons (Fsp3) is 0.0588. The Morgan fingerprint density at radius 3 is 2.70 bits per heavy atom. The number of nitrogens with zero attached hydrogens (tertiary/aromatic N) is 1. The van der Waals surface area contributed by atoms with Crippen LogP contribution < -0.4 is 4.74 Å².